The van der Waals surface area contributed by atoms with E-state index in [0.29, 0.717) is 18.5 Å². The van der Waals surface area contributed by atoms with Gasteiger partial charge in [-0.2, -0.15) is 0 Å². The van der Waals surface area contributed by atoms with Crippen molar-refractivity contribution in [1.29, 1.82) is 0 Å². The second-order valence-electron chi connectivity index (χ2n) is 4.56. The smallest absolute Gasteiger partial charge is 0.191 e. The Bertz CT molecular complexity index is 583. The van der Waals surface area contributed by atoms with Gasteiger partial charge in [-0.05, 0) is 25.0 Å². The average molecular weight is 244 g/mol. The zero-order valence-electron chi connectivity index (χ0n) is 10.3. The lowest BCUT2D eigenvalue weighted by molar-refractivity contribution is 0.487. The summed E-state index contributed by atoms with van der Waals surface area (Å²) in [4.78, 5) is 6.41. The molecule has 94 valence electrons. The van der Waals surface area contributed by atoms with Crippen molar-refractivity contribution in [2.75, 3.05) is 7.05 Å². The fraction of sp³-hybridized carbons (Fsp3) is 0.417. The van der Waals surface area contributed by atoms with Crippen LogP contribution in [0.15, 0.2) is 29.4 Å². The lowest BCUT2D eigenvalue weighted by Gasteiger charge is -2.16. The van der Waals surface area contributed by atoms with Crippen LogP contribution in [0.2, 0.25) is 0 Å². The van der Waals surface area contributed by atoms with E-state index in [0.717, 1.165) is 11.5 Å². The third-order valence-electron chi connectivity index (χ3n) is 3.22. The lowest BCUT2D eigenvalue weighted by atomic mass is 10.4. The maximum atomic E-state index is 5.94. The van der Waals surface area contributed by atoms with Gasteiger partial charge < -0.3 is 10.6 Å². The maximum Gasteiger partial charge on any atom is 0.191 e. The summed E-state index contributed by atoms with van der Waals surface area (Å²) in [5.74, 6) is 1.38. The predicted octanol–water partition coefficient (Wildman–Crippen LogP) is 0.638. The lowest BCUT2D eigenvalue weighted by Crippen LogP contribution is -2.35. The summed E-state index contributed by atoms with van der Waals surface area (Å²) in [6, 6.07) is 6.37. The van der Waals surface area contributed by atoms with Gasteiger partial charge in [-0.25, -0.2) is 4.99 Å². The Morgan fingerprint density at radius 1 is 1.50 bits per heavy atom. The minimum Gasteiger partial charge on any atom is -0.370 e. The zero-order valence-corrected chi connectivity index (χ0v) is 10.3. The summed E-state index contributed by atoms with van der Waals surface area (Å²) in [7, 11) is 1.98. The molecule has 6 nitrogen and oxygen atoms in total. The molecule has 3 rings (SSSR count). The summed E-state index contributed by atoms with van der Waals surface area (Å²) in [5.41, 5.74) is 6.77. The Kier molecular flexibility index (Phi) is 2.62. The first-order valence-corrected chi connectivity index (χ1v) is 6.07. The Morgan fingerprint density at radius 2 is 2.33 bits per heavy atom. The molecule has 2 aromatic rings. The van der Waals surface area contributed by atoms with Crippen LogP contribution in [-0.4, -0.2) is 38.5 Å². The second-order valence-corrected chi connectivity index (χ2v) is 4.56. The van der Waals surface area contributed by atoms with Crippen LogP contribution in [-0.2, 0) is 6.54 Å². The molecule has 6 heteroatoms. The monoisotopic (exact) mass is 244 g/mol. The molecule has 2 heterocycles. The zero-order chi connectivity index (χ0) is 12.5. The van der Waals surface area contributed by atoms with Crippen LogP contribution in [0.4, 0.5) is 0 Å². The molecule has 0 unspecified atom stereocenters. The van der Waals surface area contributed by atoms with Crippen molar-refractivity contribution in [3.63, 3.8) is 0 Å². The van der Waals surface area contributed by atoms with E-state index in [1.807, 2.05) is 40.7 Å². The van der Waals surface area contributed by atoms with E-state index in [-0.39, 0.29) is 0 Å². The van der Waals surface area contributed by atoms with Crippen molar-refractivity contribution in [3.05, 3.63) is 30.2 Å². The fourth-order valence-electron chi connectivity index (χ4n) is 1.91. The van der Waals surface area contributed by atoms with E-state index in [9.17, 15) is 0 Å². The second kappa shape index (κ2) is 4.29. The van der Waals surface area contributed by atoms with Gasteiger partial charge in [0.25, 0.3) is 0 Å². The van der Waals surface area contributed by atoms with Crippen molar-refractivity contribution >= 4 is 11.6 Å². The van der Waals surface area contributed by atoms with Gasteiger partial charge in [0.1, 0.15) is 6.54 Å². The van der Waals surface area contributed by atoms with E-state index >= 15 is 0 Å². The molecular formula is C12H16N6. The van der Waals surface area contributed by atoms with Crippen LogP contribution in [0.25, 0.3) is 5.65 Å². The molecule has 0 atom stereocenters. The summed E-state index contributed by atoms with van der Waals surface area (Å²) in [6.45, 7) is 0.452. The van der Waals surface area contributed by atoms with Gasteiger partial charge in [-0.1, -0.05) is 6.07 Å². The molecule has 0 aromatic carbocycles. The number of pyridine rings is 1. The number of hydrogen-bond acceptors (Lipinski definition) is 3. The number of guanidine groups is 1. The van der Waals surface area contributed by atoms with Crippen molar-refractivity contribution in [3.8, 4) is 0 Å². The molecule has 0 aliphatic heterocycles. The van der Waals surface area contributed by atoms with E-state index in [1.54, 1.807) is 0 Å². The average Bonchev–Trinajstić information content (AvgIpc) is 3.16. The molecule has 1 aliphatic rings. The Morgan fingerprint density at radius 3 is 3.11 bits per heavy atom. The highest BCUT2D eigenvalue weighted by atomic mass is 15.3. The van der Waals surface area contributed by atoms with Crippen LogP contribution in [0.5, 0.6) is 0 Å². The largest absolute Gasteiger partial charge is 0.370 e. The third kappa shape index (κ3) is 2.01. The fourth-order valence-corrected chi connectivity index (χ4v) is 1.91. The van der Waals surface area contributed by atoms with Gasteiger partial charge in [-0.15, -0.1) is 10.2 Å². The Balaban J connectivity index is 1.78. The summed E-state index contributed by atoms with van der Waals surface area (Å²) < 4.78 is 1.92. The van der Waals surface area contributed by atoms with Gasteiger partial charge >= 0.3 is 0 Å². The third-order valence-corrected chi connectivity index (χ3v) is 3.22. The van der Waals surface area contributed by atoms with Crippen molar-refractivity contribution in [2.45, 2.75) is 25.4 Å². The van der Waals surface area contributed by atoms with Gasteiger partial charge in [0.2, 0.25) is 0 Å². The summed E-state index contributed by atoms with van der Waals surface area (Å²) in [6.07, 6.45) is 4.35. The predicted molar refractivity (Wildman–Crippen MR) is 69.1 cm³/mol. The quantitative estimate of drug-likeness (QED) is 0.635. The molecule has 1 fully saturated rings. The van der Waals surface area contributed by atoms with Crippen molar-refractivity contribution in [1.82, 2.24) is 19.5 Å². The highest BCUT2D eigenvalue weighted by Crippen LogP contribution is 2.24. The molecule has 2 N–H and O–H groups in total. The van der Waals surface area contributed by atoms with E-state index < -0.39 is 0 Å². The molecule has 0 spiro atoms. The Hall–Kier alpha value is -2.11. The normalized spacial score (nSPS) is 16.2. The number of rotatable bonds is 3. The van der Waals surface area contributed by atoms with Gasteiger partial charge in [0, 0.05) is 19.3 Å². The highest BCUT2D eigenvalue weighted by molar-refractivity contribution is 5.78. The van der Waals surface area contributed by atoms with Gasteiger partial charge in [-0.3, -0.25) is 4.40 Å². The highest BCUT2D eigenvalue weighted by Gasteiger charge is 2.27. The first kappa shape index (κ1) is 11.0. The van der Waals surface area contributed by atoms with Crippen LogP contribution < -0.4 is 5.73 Å². The number of nitrogens with zero attached hydrogens (tertiary/aromatic N) is 5. The molecule has 0 amide bonds. The van der Waals surface area contributed by atoms with E-state index in [2.05, 4.69) is 15.2 Å². The first-order chi connectivity index (χ1) is 8.75. The molecule has 2 aromatic heterocycles. The minimum absolute atomic E-state index is 0.452. The summed E-state index contributed by atoms with van der Waals surface area (Å²) >= 11 is 0. The van der Waals surface area contributed by atoms with Crippen molar-refractivity contribution in [2.24, 2.45) is 10.7 Å². The van der Waals surface area contributed by atoms with Crippen LogP contribution in [0, 0.1) is 0 Å². The van der Waals surface area contributed by atoms with E-state index in [4.69, 9.17) is 5.73 Å². The molecule has 0 saturated heterocycles. The molecule has 1 saturated carbocycles. The number of nitrogens with two attached hydrogens (primary N) is 1. The summed E-state index contributed by atoms with van der Waals surface area (Å²) in [5, 5.41) is 8.20. The van der Waals surface area contributed by atoms with Gasteiger partial charge in [0.15, 0.2) is 17.4 Å². The molecule has 0 radical (unpaired) electrons. The maximum absolute atomic E-state index is 5.94. The number of aliphatic imine (C=N–C) groups is 1. The van der Waals surface area contributed by atoms with E-state index in [1.165, 1.54) is 12.8 Å². The van der Waals surface area contributed by atoms with Gasteiger partial charge in [0.05, 0.1) is 0 Å². The Labute approximate surface area is 105 Å². The minimum atomic E-state index is 0.452. The number of fused-ring (bicyclic) bond motifs is 1. The number of aromatic nitrogens is 3. The molecule has 18 heavy (non-hydrogen) atoms. The standard InChI is InChI=1S/C12H16N6/c1-17(9-5-6-9)12(13)14-8-11-16-15-10-4-2-3-7-18(10)11/h2-4,7,9H,5-6,8H2,1H3,(H2,13,14). The van der Waals surface area contributed by atoms with Crippen LogP contribution in [0.1, 0.15) is 18.7 Å². The van der Waals surface area contributed by atoms with Crippen molar-refractivity contribution < 1.29 is 0 Å². The van der Waals surface area contributed by atoms with Crippen LogP contribution in [0.3, 0.4) is 0 Å². The molecular weight excluding hydrogens is 228 g/mol. The first-order valence-electron chi connectivity index (χ1n) is 6.07. The number of hydrogen-bond donors (Lipinski definition) is 1. The van der Waals surface area contributed by atoms with Crippen LogP contribution >= 0.6 is 0 Å². The molecule has 1 aliphatic carbocycles. The SMILES string of the molecule is CN(C(N)=NCc1nnc2ccccn12)C1CC1. The topological polar surface area (TPSA) is 71.8 Å². The molecule has 0 bridgehead atoms.